The smallest absolute Gasteiger partial charge is 0.171 e. The molecule has 1 N–H and O–H groups in total. The highest BCUT2D eigenvalue weighted by Gasteiger charge is 2.18. The Morgan fingerprint density at radius 2 is 1.94 bits per heavy atom. The first-order chi connectivity index (χ1) is 7.69. The molecule has 1 aromatic heterocycles. The summed E-state index contributed by atoms with van der Waals surface area (Å²) in [5.41, 5.74) is 1.15. The van der Waals surface area contributed by atoms with E-state index >= 15 is 0 Å². The first-order valence-electron chi connectivity index (χ1n) is 5.40. The van der Waals surface area contributed by atoms with Gasteiger partial charge in [0.05, 0.1) is 6.04 Å². The first kappa shape index (κ1) is 13.1. The topological polar surface area (TPSA) is 43.4 Å². The van der Waals surface area contributed by atoms with E-state index in [9.17, 15) is 0 Å². The molecule has 1 rings (SSSR count). The molecule has 0 aliphatic carbocycles. The van der Waals surface area contributed by atoms with Gasteiger partial charge in [0.25, 0.3) is 0 Å². The maximum absolute atomic E-state index is 5.20. The van der Waals surface area contributed by atoms with Crippen molar-refractivity contribution in [1.82, 2.24) is 10.3 Å². The SMILES string of the molecule is COC(OC)C(C)N[C@H](C)c1cccnc1. The molecule has 0 bridgehead atoms. The molecule has 0 fully saturated rings. The second-order valence-electron chi connectivity index (χ2n) is 3.80. The first-order valence-corrected chi connectivity index (χ1v) is 5.40. The van der Waals surface area contributed by atoms with Crippen LogP contribution in [0.15, 0.2) is 24.5 Å². The van der Waals surface area contributed by atoms with Crippen molar-refractivity contribution < 1.29 is 9.47 Å². The van der Waals surface area contributed by atoms with Gasteiger partial charge >= 0.3 is 0 Å². The van der Waals surface area contributed by atoms with E-state index in [1.54, 1.807) is 20.4 Å². The van der Waals surface area contributed by atoms with Gasteiger partial charge in [-0.25, -0.2) is 0 Å². The summed E-state index contributed by atoms with van der Waals surface area (Å²) in [5.74, 6) is 0. The summed E-state index contributed by atoms with van der Waals surface area (Å²) in [4.78, 5) is 4.10. The quantitative estimate of drug-likeness (QED) is 0.747. The van der Waals surface area contributed by atoms with Crippen LogP contribution < -0.4 is 5.32 Å². The Balaban J connectivity index is 2.54. The van der Waals surface area contributed by atoms with Gasteiger partial charge in [-0.3, -0.25) is 4.98 Å². The Labute approximate surface area is 97.0 Å². The Hall–Kier alpha value is -0.970. The van der Waals surface area contributed by atoms with Crippen molar-refractivity contribution in [3.8, 4) is 0 Å². The molecule has 0 aromatic carbocycles. The zero-order valence-corrected chi connectivity index (χ0v) is 10.3. The highest BCUT2D eigenvalue weighted by atomic mass is 16.7. The lowest BCUT2D eigenvalue weighted by Gasteiger charge is -2.25. The molecule has 1 aromatic rings. The van der Waals surface area contributed by atoms with Crippen molar-refractivity contribution in [2.24, 2.45) is 0 Å². The number of ether oxygens (including phenoxy) is 2. The van der Waals surface area contributed by atoms with Gasteiger partial charge in [0, 0.05) is 32.7 Å². The minimum absolute atomic E-state index is 0.116. The Kier molecular flexibility index (Phi) is 5.38. The molecule has 0 amide bonds. The third-order valence-electron chi connectivity index (χ3n) is 2.57. The van der Waals surface area contributed by atoms with E-state index in [4.69, 9.17) is 9.47 Å². The van der Waals surface area contributed by atoms with Crippen molar-refractivity contribution in [3.05, 3.63) is 30.1 Å². The van der Waals surface area contributed by atoms with Gasteiger partial charge in [-0.2, -0.15) is 0 Å². The monoisotopic (exact) mass is 224 g/mol. The maximum Gasteiger partial charge on any atom is 0.171 e. The van der Waals surface area contributed by atoms with Crippen molar-refractivity contribution >= 4 is 0 Å². The minimum atomic E-state index is -0.237. The maximum atomic E-state index is 5.20. The molecule has 0 aliphatic heterocycles. The molecule has 90 valence electrons. The summed E-state index contributed by atoms with van der Waals surface area (Å²) in [6, 6.07) is 4.32. The van der Waals surface area contributed by atoms with Gasteiger partial charge in [-0.15, -0.1) is 0 Å². The predicted octanol–water partition coefficient (Wildman–Crippen LogP) is 1.74. The van der Waals surface area contributed by atoms with Gasteiger partial charge < -0.3 is 14.8 Å². The number of rotatable bonds is 6. The van der Waals surface area contributed by atoms with Crippen LogP contribution in [0.1, 0.15) is 25.5 Å². The fourth-order valence-electron chi connectivity index (χ4n) is 1.71. The fourth-order valence-corrected chi connectivity index (χ4v) is 1.71. The van der Waals surface area contributed by atoms with Crippen LogP contribution in [0.4, 0.5) is 0 Å². The van der Waals surface area contributed by atoms with E-state index in [0.29, 0.717) is 0 Å². The lowest BCUT2D eigenvalue weighted by Crippen LogP contribution is -2.40. The van der Waals surface area contributed by atoms with E-state index in [1.165, 1.54) is 0 Å². The van der Waals surface area contributed by atoms with Crippen molar-refractivity contribution in [3.63, 3.8) is 0 Å². The highest BCUT2D eigenvalue weighted by Crippen LogP contribution is 2.12. The molecule has 4 nitrogen and oxygen atoms in total. The summed E-state index contributed by atoms with van der Waals surface area (Å²) in [6.45, 7) is 4.13. The molecule has 1 heterocycles. The third-order valence-corrected chi connectivity index (χ3v) is 2.57. The Bertz CT molecular complexity index is 288. The van der Waals surface area contributed by atoms with Crippen LogP contribution in [0, 0.1) is 0 Å². The zero-order chi connectivity index (χ0) is 12.0. The molecular weight excluding hydrogens is 204 g/mol. The second kappa shape index (κ2) is 6.58. The molecule has 0 aliphatic rings. The molecule has 4 heteroatoms. The molecule has 2 atom stereocenters. The molecule has 0 radical (unpaired) electrons. The molecular formula is C12H20N2O2. The second-order valence-corrected chi connectivity index (χ2v) is 3.80. The van der Waals surface area contributed by atoms with Gasteiger partial charge in [0.2, 0.25) is 0 Å². The molecule has 0 saturated heterocycles. The number of hydrogen-bond donors (Lipinski definition) is 1. The zero-order valence-electron chi connectivity index (χ0n) is 10.3. The van der Waals surface area contributed by atoms with Crippen molar-refractivity contribution in [1.29, 1.82) is 0 Å². The van der Waals surface area contributed by atoms with Crippen LogP contribution in [0.25, 0.3) is 0 Å². The number of nitrogens with zero attached hydrogens (tertiary/aromatic N) is 1. The summed E-state index contributed by atoms with van der Waals surface area (Å²) < 4.78 is 10.4. The van der Waals surface area contributed by atoms with E-state index in [2.05, 4.69) is 17.2 Å². The molecule has 1 unspecified atom stereocenters. The standard InChI is InChI=1S/C12H20N2O2/c1-9(11-6-5-7-13-8-11)14-10(2)12(15-3)16-4/h5-10,12,14H,1-4H3/t9-,10?/m1/s1. The lowest BCUT2D eigenvalue weighted by molar-refractivity contribution is -0.120. The van der Waals surface area contributed by atoms with Crippen molar-refractivity contribution in [2.75, 3.05) is 14.2 Å². The van der Waals surface area contributed by atoms with Gasteiger partial charge in [-0.05, 0) is 25.5 Å². The molecule has 16 heavy (non-hydrogen) atoms. The van der Waals surface area contributed by atoms with Gasteiger partial charge in [-0.1, -0.05) is 6.07 Å². The fraction of sp³-hybridized carbons (Fsp3) is 0.583. The number of nitrogens with one attached hydrogen (secondary N) is 1. The number of aromatic nitrogens is 1. The van der Waals surface area contributed by atoms with Crippen LogP contribution in [0.2, 0.25) is 0 Å². The van der Waals surface area contributed by atoms with Crippen LogP contribution in [-0.2, 0) is 9.47 Å². The average molecular weight is 224 g/mol. The van der Waals surface area contributed by atoms with Gasteiger partial charge in [0.1, 0.15) is 0 Å². The Morgan fingerprint density at radius 1 is 1.25 bits per heavy atom. The minimum Gasteiger partial charge on any atom is -0.354 e. The van der Waals surface area contributed by atoms with E-state index in [1.807, 2.05) is 25.3 Å². The van der Waals surface area contributed by atoms with Crippen LogP contribution in [-0.4, -0.2) is 31.5 Å². The summed E-state index contributed by atoms with van der Waals surface area (Å²) in [7, 11) is 3.28. The van der Waals surface area contributed by atoms with Crippen LogP contribution in [0.3, 0.4) is 0 Å². The average Bonchev–Trinajstić information content (AvgIpc) is 2.31. The van der Waals surface area contributed by atoms with Crippen LogP contribution in [0.5, 0.6) is 0 Å². The number of methoxy groups -OCH3 is 2. The normalized spacial score (nSPS) is 15.1. The van der Waals surface area contributed by atoms with Crippen molar-refractivity contribution in [2.45, 2.75) is 32.2 Å². The Morgan fingerprint density at radius 3 is 2.44 bits per heavy atom. The number of pyridine rings is 1. The summed E-state index contributed by atoms with van der Waals surface area (Å²) >= 11 is 0. The lowest BCUT2D eigenvalue weighted by atomic mass is 10.1. The highest BCUT2D eigenvalue weighted by molar-refractivity contribution is 5.12. The summed E-state index contributed by atoms with van der Waals surface area (Å²) in [6.07, 6.45) is 3.39. The van der Waals surface area contributed by atoms with E-state index in [0.717, 1.165) is 5.56 Å². The molecule has 0 saturated carbocycles. The van der Waals surface area contributed by atoms with Gasteiger partial charge in [0.15, 0.2) is 6.29 Å². The predicted molar refractivity (Wildman–Crippen MR) is 63.1 cm³/mol. The van der Waals surface area contributed by atoms with E-state index < -0.39 is 0 Å². The number of hydrogen-bond acceptors (Lipinski definition) is 4. The van der Waals surface area contributed by atoms with Crippen LogP contribution >= 0.6 is 0 Å². The molecule has 0 spiro atoms. The summed E-state index contributed by atoms with van der Waals surface area (Å²) in [5, 5.41) is 3.41. The van der Waals surface area contributed by atoms with E-state index in [-0.39, 0.29) is 18.4 Å². The largest absolute Gasteiger partial charge is 0.354 e. The third kappa shape index (κ3) is 3.56.